The largest absolute Gasteiger partial charge is 0.493 e. The number of hydrogen-bond donors (Lipinski definition) is 2. The molecule has 0 spiro atoms. The number of nitrogens with one attached hydrogen (secondary N) is 2. The first-order chi connectivity index (χ1) is 24.8. The van der Waals surface area contributed by atoms with Crippen LogP contribution < -0.4 is 43.8 Å². The van der Waals surface area contributed by atoms with Crippen LogP contribution in [0.15, 0.2) is 90.3 Å². The number of oxime groups is 1. The maximum Gasteiger partial charge on any atom is 0.255 e. The lowest BCUT2D eigenvalue weighted by Gasteiger charge is -2.28. The van der Waals surface area contributed by atoms with Gasteiger partial charge in [0.1, 0.15) is 6.17 Å². The number of carbonyl (C=O) groups is 1. The molecule has 0 aromatic heterocycles. The molecule has 2 aliphatic heterocycles. The SMILES string of the molecule is C=C(CCCOc1ccc(C2NC(=O)c3ccccc3N2)cc1OC)Oc1cc(C2CC(c3cc(OC)c(OC)c(OC)c3)=NO2)ccc1OC. The average Bonchev–Trinajstić information content (AvgIpc) is 3.66. The van der Waals surface area contributed by atoms with Crippen molar-refractivity contribution in [3.05, 3.63) is 107 Å². The van der Waals surface area contributed by atoms with Gasteiger partial charge in [-0.3, -0.25) is 4.79 Å². The number of carbonyl (C=O) groups excluding carboxylic acids is 1. The minimum absolute atomic E-state index is 0.136. The van der Waals surface area contributed by atoms with Gasteiger partial charge in [0, 0.05) is 24.1 Å². The summed E-state index contributed by atoms with van der Waals surface area (Å²) in [7, 11) is 7.89. The van der Waals surface area contributed by atoms with Crippen LogP contribution >= 0.6 is 0 Å². The third kappa shape index (κ3) is 7.59. The van der Waals surface area contributed by atoms with Crippen molar-refractivity contribution in [1.29, 1.82) is 0 Å². The van der Waals surface area contributed by atoms with Gasteiger partial charge in [0.2, 0.25) is 5.75 Å². The molecule has 1 amide bonds. The smallest absolute Gasteiger partial charge is 0.255 e. The van der Waals surface area contributed by atoms with Gasteiger partial charge in [-0.25, -0.2) is 0 Å². The first kappa shape index (κ1) is 34.8. The van der Waals surface area contributed by atoms with Crippen LogP contribution in [0.3, 0.4) is 0 Å². The Balaban J connectivity index is 1.03. The summed E-state index contributed by atoms with van der Waals surface area (Å²) in [6.45, 7) is 4.53. The molecule has 0 saturated carbocycles. The molecular formula is C39H41N3O9. The molecular weight excluding hydrogens is 654 g/mol. The quantitative estimate of drug-likeness (QED) is 0.0974. The van der Waals surface area contributed by atoms with Crippen LogP contribution in [-0.4, -0.2) is 53.8 Å². The summed E-state index contributed by atoms with van der Waals surface area (Å²) in [6.07, 6.45) is 0.964. The summed E-state index contributed by atoms with van der Waals surface area (Å²) in [5, 5.41) is 10.7. The number of nitrogens with zero attached hydrogens (tertiary/aromatic N) is 1. The summed E-state index contributed by atoms with van der Waals surface area (Å²) < 4.78 is 39.9. The number of hydrogen-bond acceptors (Lipinski definition) is 11. The monoisotopic (exact) mass is 695 g/mol. The van der Waals surface area contributed by atoms with Crippen LogP contribution in [-0.2, 0) is 4.84 Å². The van der Waals surface area contributed by atoms with Crippen LogP contribution in [0, 0.1) is 0 Å². The molecule has 0 bridgehead atoms. The third-order valence-electron chi connectivity index (χ3n) is 8.61. The number of fused-ring (bicyclic) bond motifs is 1. The van der Waals surface area contributed by atoms with Crippen LogP contribution in [0.2, 0.25) is 0 Å². The highest BCUT2D eigenvalue weighted by Crippen LogP contribution is 2.41. The fraction of sp³-hybridized carbons (Fsp3) is 0.282. The number of ether oxygens (including phenoxy) is 7. The maximum absolute atomic E-state index is 12.6. The zero-order chi connectivity index (χ0) is 35.9. The Labute approximate surface area is 296 Å². The normalized spacial score (nSPS) is 16.0. The van der Waals surface area contributed by atoms with Gasteiger partial charge in [-0.1, -0.05) is 36.0 Å². The van der Waals surface area contributed by atoms with Crippen molar-refractivity contribution in [3.8, 4) is 40.2 Å². The zero-order valence-corrected chi connectivity index (χ0v) is 29.2. The Morgan fingerprint density at radius 2 is 1.47 bits per heavy atom. The van der Waals surface area contributed by atoms with Crippen molar-refractivity contribution in [2.75, 3.05) is 47.5 Å². The van der Waals surface area contributed by atoms with Gasteiger partial charge in [-0.2, -0.15) is 0 Å². The Morgan fingerprint density at radius 1 is 0.784 bits per heavy atom. The van der Waals surface area contributed by atoms with E-state index in [1.807, 2.05) is 66.7 Å². The molecule has 0 radical (unpaired) electrons. The fourth-order valence-electron chi connectivity index (χ4n) is 5.96. The van der Waals surface area contributed by atoms with Crippen LogP contribution in [0.25, 0.3) is 0 Å². The van der Waals surface area contributed by atoms with Crippen molar-refractivity contribution in [3.63, 3.8) is 0 Å². The van der Waals surface area contributed by atoms with E-state index in [4.69, 9.17) is 38.0 Å². The highest BCUT2D eigenvalue weighted by atomic mass is 16.6. The maximum atomic E-state index is 12.6. The van der Waals surface area contributed by atoms with E-state index in [0.717, 1.165) is 28.1 Å². The highest BCUT2D eigenvalue weighted by molar-refractivity contribution is 6.02. The molecule has 2 aliphatic rings. The molecule has 0 aliphatic carbocycles. The zero-order valence-electron chi connectivity index (χ0n) is 29.2. The van der Waals surface area contributed by atoms with Crippen molar-refractivity contribution >= 4 is 17.3 Å². The van der Waals surface area contributed by atoms with E-state index < -0.39 is 6.17 Å². The lowest BCUT2D eigenvalue weighted by molar-refractivity contribution is 0.0855. The third-order valence-corrected chi connectivity index (χ3v) is 8.61. The van der Waals surface area contributed by atoms with Gasteiger partial charge in [-0.15, -0.1) is 0 Å². The van der Waals surface area contributed by atoms with Crippen molar-refractivity contribution in [2.24, 2.45) is 5.16 Å². The molecule has 2 N–H and O–H groups in total. The second kappa shape index (κ2) is 15.7. The predicted octanol–water partition coefficient (Wildman–Crippen LogP) is 7.20. The van der Waals surface area contributed by atoms with Crippen LogP contribution in [0.5, 0.6) is 40.2 Å². The molecule has 4 aromatic carbocycles. The highest BCUT2D eigenvalue weighted by Gasteiger charge is 2.28. The molecule has 2 heterocycles. The second-order valence-corrected chi connectivity index (χ2v) is 11.8. The van der Waals surface area contributed by atoms with E-state index in [0.29, 0.717) is 77.4 Å². The van der Waals surface area contributed by atoms with Gasteiger partial charge in [0.05, 0.1) is 59.2 Å². The Bertz CT molecular complexity index is 1920. The molecule has 2 atom stereocenters. The topological polar surface area (TPSA) is 127 Å². The number of methoxy groups -OCH3 is 5. The average molecular weight is 696 g/mol. The molecule has 2 unspecified atom stereocenters. The number of anilines is 1. The molecule has 12 heteroatoms. The Morgan fingerprint density at radius 3 is 2.20 bits per heavy atom. The minimum atomic E-state index is -0.400. The van der Waals surface area contributed by atoms with E-state index in [2.05, 4.69) is 22.4 Å². The lowest BCUT2D eigenvalue weighted by Crippen LogP contribution is -2.38. The van der Waals surface area contributed by atoms with E-state index in [9.17, 15) is 4.79 Å². The number of rotatable bonds is 15. The van der Waals surface area contributed by atoms with Gasteiger partial charge in [-0.05, 0) is 66.1 Å². The van der Waals surface area contributed by atoms with E-state index in [-0.39, 0.29) is 12.0 Å². The van der Waals surface area contributed by atoms with Gasteiger partial charge in [0.15, 0.2) is 40.6 Å². The summed E-state index contributed by atoms with van der Waals surface area (Å²) in [5.74, 6) is 4.24. The molecule has 0 saturated heterocycles. The molecule has 6 rings (SSSR count). The number of amides is 1. The predicted molar refractivity (Wildman–Crippen MR) is 192 cm³/mol. The summed E-state index contributed by atoms with van der Waals surface area (Å²) >= 11 is 0. The van der Waals surface area contributed by atoms with Crippen LogP contribution in [0.4, 0.5) is 5.69 Å². The van der Waals surface area contributed by atoms with Crippen molar-refractivity contribution in [2.45, 2.75) is 31.5 Å². The molecule has 12 nitrogen and oxygen atoms in total. The summed E-state index contributed by atoms with van der Waals surface area (Å²) in [6, 6.07) is 22.3. The second-order valence-electron chi connectivity index (χ2n) is 11.8. The van der Waals surface area contributed by atoms with Gasteiger partial charge < -0.3 is 48.6 Å². The Kier molecular flexibility index (Phi) is 10.7. The van der Waals surface area contributed by atoms with Crippen molar-refractivity contribution < 1.29 is 42.8 Å². The van der Waals surface area contributed by atoms with Crippen molar-refractivity contribution in [1.82, 2.24) is 5.32 Å². The number of para-hydroxylation sites is 1. The standard InChI is InChI=1S/C39H41N3O9/c1-23(10-9-17-49-31-16-14-25(19-33(31)45-3)38-40-28-12-8-7-11-27(28)39(43)41-38)50-34-18-24(13-15-30(34)44-2)32-22-29(42-51-32)26-20-35(46-4)37(48-6)36(21-26)47-5/h7-8,11-16,18-21,32,38,40H,1,9-10,17,22H2,2-6H3,(H,41,43). The summed E-state index contributed by atoms with van der Waals surface area (Å²) in [4.78, 5) is 18.5. The van der Waals surface area contributed by atoms with Gasteiger partial charge in [0.25, 0.3) is 5.91 Å². The van der Waals surface area contributed by atoms with Gasteiger partial charge >= 0.3 is 0 Å². The van der Waals surface area contributed by atoms with Crippen LogP contribution in [0.1, 0.15) is 58.6 Å². The first-order valence-corrected chi connectivity index (χ1v) is 16.4. The summed E-state index contributed by atoms with van der Waals surface area (Å²) in [5.41, 5.74) is 4.65. The molecule has 4 aromatic rings. The van der Waals surface area contributed by atoms with E-state index >= 15 is 0 Å². The number of benzene rings is 4. The fourth-order valence-corrected chi connectivity index (χ4v) is 5.96. The molecule has 51 heavy (non-hydrogen) atoms. The minimum Gasteiger partial charge on any atom is -0.493 e. The molecule has 0 fully saturated rings. The first-order valence-electron chi connectivity index (χ1n) is 16.4. The Hall–Kier alpha value is -6.04. The molecule has 266 valence electrons. The van der Waals surface area contributed by atoms with E-state index in [1.165, 1.54) is 0 Å². The number of allylic oxidation sites excluding steroid dienone is 1. The van der Waals surface area contributed by atoms with E-state index in [1.54, 1.807) is 41.6 Å². The lowest BCUT2D eigenvalue weighted by atomic mass is 9.99.